The molecular formula is C20H24N2. The maximum absolute atomic E-state index is 4.61. The third-order valence-corrected chi connectivity index (χ3v) is 4.86. The molecule has 1 fully saturated rings. The molecule has 0 saturated heterocycles. The van der Waals surface area contributed by atoms with Gasteiger partial charge in [-0.2, -0.15) is 0 Å². The van der Waals surface area contributed by atoms with E-state index in [0.29, 0.717) is 12.5 Å². The molecule has 1 saturated carbocycles. The Morgan fingerprint density at radius 1 is 1.36 bits per heavy atom. The molecule has 1 aromatic carbocycles. The van der Waals surface area contributed by atoms with E-state index in [0.717, 1.165) is 11.9 Å². The summed E-state index contributed by atoms with van der Waals surface area (Å²) in [7, 11) is 0. The molecule has 3 rings (SSSR count). The van der Waals surface area contributed by atoms with Crippen LogP contribution in [0.2, 0.25) is 0 Å². The van der Waals surface area contributed by atoms with E-state index in [2.05, 4.69) is 48.7 Å². The summed E-state index contributed by atoms with van der Waals surface area (Å²) >= 11 is 0. The van der Waals surface area contributed by atoms with E-state index in [1.807, 2.05) is 12.3 Å². The van der Waals surface area contributed by atoms with Gasteiger partial charge >= 0.3 is 0 Å². The zero-order chi connectivity index (χ0) is 15.5. The minimum atomic E-state index is 0.711. The number of rotatable bonds is 5. The largest absolute Gasteiger partial charge is 0.297 e. The lowest BCUT2D eigenvalue weighted by atomic mass is 9.77. The number of hydrogen-bond acceptors (Lipinski definition) is 2. The van der Waals surface area contributed by atoms with Crippen molar-refractivity contribution in [3.8, 4) is 0 Å². The van der Waals surface area contributed by atoms with Crippen molar-refractivity contribution in [3.05, 3.63) is 47.2 Å². The summed E-state index contributed by atoms with van der Waals surface area (Å²) in [6, 6.07) is 8.91. The van der Waals surface area contributed by atoms with Gasteiger partial charge in [0.2, 0.25) is 0 Å². The number of allylic oxidation sites excluding steroid dienone is 1. The van der Waals surface area contributed by atoms with E-state index in [1.54, 1.807) is 0 Å². The predicted molar refractivity (Wildman–Crippen MR) is 95.6 cm³/mol. The molecule has 0 atom stereocenters. The lowest BCUT2D eigenvalue weighted by Crippen LogP contribution is -2.10. The Bertz CT molecular complexity index is 724. The van der Waals surface area contributed by atoms with Crippen molar-refractivity contribution < 1.29 is 0 Å². The van der Waals surface area contributed by atoms with Crippen LogP contribution in [0.25, 0.3) is 16.5 Å². The van der Waals surface area contributed by atoms with Crippen molar-refractivity contribution >= 4 is 23.2 Å². The number of nitrogens with zero attached hydrogens (tertiary/aromatic N) is 2. The maximum Gasteiger partial charge on any atom is 0.0710 e. The lowest BCUT2D eigenvalue weighted by molar-refractivity contribution is 0.422. The summed E-state index contributed by atoms with van der Waals surface area (Å²) in [5.74, 6) is 0.711. The monoisotopic (exact) mass is 292 g/mol. The molecule has 0 amide bonds. The van der Waals surface area contributed by atoms with Crippen molar-refractivity contribution in [1.29, 1.82) is 0 Å². The van der Waals surface area contributed by atoms with Gasteiger partial charge in [-0.05, 0) is 73.2 Å². The Labute approximate surface area is 133 Å². The lowest BCUT2D eigenvalue weighted by Gasteiger charge is -2.28. The number of pyridine rings is 1. The molecule has 0 spiro atoms. The molecule has 0 aliphatic heterocycles. The molecule has 1 aromatic heterocycles. The Hall–Kier alpha value is -1.96. The highest BCUT2D eigenvalue weighted by atomic mass is 14.7. The van der Waals surface area contributed by atoms with E-state index in [-0.39, 0.29) is 0 Å². The van der Waals surface area contributed by atoms with Crippen molar-refractivity contribution in [2.75, 3.05) is 6.54 Å². The number of aromatic nitrogens is 1. The second-order valence-corrected chi connectivity index (χ2v) is 6.26. The molecule has 1 heterocycles. The van der Waals surface area contributed by atoms with E-state index in [1.165, 1.54) is 46.9 Å². The van der Waals surface area contributed by atoms with Crippen LogP contribution in [-0.4, -0.2) is 18.2 Å². The van der Waals surface area contributed by atoms with Gasteiger partial charge in [0.25, 0.3) is 0 Å². The third-order valence-electron chi connectivity index (χ3n) is 4.86. The minimum absolute atomic E-state index is 0.711. The zero-order valence-electron chi connectivity index (χ0n) is 13.6. The SMILES string of the molecule is C=NC/C(C)=C(\CC)c1cc(C2CCC2)c2cccnc2c1. The number of fused-ring (bicyclic) bond motifs is 1. The van der Waals surface area contributed by atoms with Gasteiger partial charge < -0.3 is 0 Å². The zero-order valence-corrected chi connectivity index (χ0v) is 13.6. The smallest absolute Gasteiger partial charge is 0.0710 e. The summed E-state index contributed by atoms with van der Waals surface area (Å²) in [5, 5.41) is 1.32. The predicted octanol–water partition coefficient (Wildman–Crippen LogP) is 5.39. The van der Waals surface area contributed by atoms with Gasteiger partial charge in [0.15, 0.2) is 0 Å². The molecule has 0 radical (unpaired) electrons. The Kier molecular flexibility index (Phi) is 4.37. The highest BCUT2D eigenvalue weighted by Crippen LogP contribution is 2.41. The van der Waals surface area contributed by atoms with Crippen molar-refractivity contribution in [3.63, 3.8) is 0 Å². The minimum Gasteiger partial charge on any atom is -0.297 e. The molecule has 2 heteroatoms. The summed E-state index contributed by atoms with van der Waals surface area (Å²) < 4.78 is 0. The highest BCUT2D eigenvalue weighted by Gasteiger charge is 2.22. The van der Waals surface area contributed by atoms with Gasteiger partial charge in [0, 0.05) is 11.6 Å². The Morgan fingerprint density at radius 3 is 2.82 bits per heavy atom. The fourth-order valence-corrected chi connectivity index (χ4v) is 3.46. The highest BCUT2D eigenvalue weighted by molar-refractivity contribution is 5.87. The molecule has 0 N–H and O–H groups in total. The second kappa shape index (κ2) is 6.43. The quantitative estimate of drug-likeness (QED) is 0.678. The van der Waals surface area contributed by atoms with Gasteiger partial charge in [-0.15, -0.1) is 0 Å². The van der Waals surface area contributed by atoms with Crippen LogP contribution in [0.15, 0.2) is 41.0 Å². The first kappa shape index (κ1) is 15.0. The summed E-state index contributed by atoms with van der Waals surface area (Å²) in [6.07, 6.45) is 6.89. The Morgan fingerprint density at radius 2 is 2.18 bits per heavy atom. The summed E-state index contributed by atoms with van der Waals surface area (Å²) in [6.45, 7) is 8.72. The number of aliphatic imine (C=N–C) groups is 1. The average Bonchev–Trinajstić information content (AvgIpc) is 2.46. The van der Waals surface area contributed by atoms with Crippen molar-refractivity contribution in [1.82, 2.24) is 4.98 Å². The third kappa shape index (κ3) is 2.70. The number of hydrogen-bond donors (Lipinski definition) is 0. The topological polar surface area (TPSA) is 25.2 Å². The molecule has 0 bridgehead atoms. The molecule has 0 unspecified atom stereocenters. The number of benzene rings is 1. The van der Waals surface area contributed by atoms with E-state index >= 15 is 0 Å². The summed E-state index contributed by atoms with van der Waals surface area (Å²) in [4.78, 5) is 8.66. The van der Waals surface area contributed by atoms with E-state index < -0.39 is 0 Å². The second-order valence-electron chi connectivity index (χ2n) is 6.26. The first-order valence-electron chi connectivity index (χ1n) is 8.24. The van der Waals surface area contributed by atoms with Crippen molar-refractivity contribution in [2.45, 2.75) is 45.4 Å². The Balaban J connectivity index is 2.17. The molecular weight excluding hydrogens is 268 g/mol. The van der Waals surface area contributed by atoms with Crippen LogP contribution < -0.4 is 0 Å². The van der Waals surface area contributed by atoms with Crippen LogP contribution in [0.3, 0.4) is 0 Å². The van der Waals surface area contributed by atoms with Crippen LogP contribution in [0.4, 0.5) is 0 Å². The molecule has 1 aliphatic carbocycles. The normalized spacial score (nSPS) is 16.3. The van der Waals surface area contributed by atoms with Gasteiger partial charge in [0.05, 0.1) is 12.1 Å². The summed E-state index contributed by atoms with van der Waals surface area (Å²) in [5.41, 5.74) is 6.62. The molecule has 1 aliphatic rings. The standard InChI is InChI=1S/C20H24N2/c1-4-17(14(2)13-21-3)16-11-19(15-7-5-8-15)18-9-6-10-22-20(18)12-16/h6,9-12,15H,3-5,7-8,13H2,1-2H3/b17-14+. The molecule has 114 valence electrons. The van der Waals surface area contributed by atoms with Crippen LogP contribution in [0.5, 0.6) is 0 Å². The fraction of sp³-hybridized carbons (Fsp3) is 0.400. The molecule has 2 nitrogen and oxygen atoms in total. The van der Waals surface area contributed by atoms with Gasteiger partial charge in [0.1, 0.15) is 0 Å². The van der Waals surface area contributed by atoms with E-state index in [4.69, 9.17) is 0 Å². The fourth-order valence-electron chi connectivity index (χ4n) is 3.46. The maximum atomic E-state index is 4.61. The van der Waals surface area contributed by atoms with Crippen LogP contribution in [-0.2, 0) is 0 Å². The van der Waals surface area contributed by atoms with Crippen LogP contribution in [0, 0.1) is 0 Å². The first-order chi connectivity index (χ1) is 10.7. The first-order valence-corrected chi connectivity index (χ1v) is 8.24. The van der Waals surface area contributed by atoms with Crippen LogP contribution >= 0.6 is 0 Å². The average molecular weight is 292 g/mol. The van der Waals surface area contributed by atoms with Gasteiger partial charge in [-0.25, -0.2) is 0 Å². The van der Waals surface area contributed by atoms with Gasteiger partial charge in [-0.1, -0.05) is 25.5 Å². The van der Waals surface area contributed by atoms with E-state index in [9.17, 15) is 0 Å². The van der Waals surface area contributed by atoms with Crippen LogP contribution in [0.1, 0.15) is 56.6 Å². The molecule has 22 heavy (non-hydrogen) atoms. The molecule has 2 aromatic rings. The van der Waals surface area contributed by atoms with Gasteiger partial charge in [-0.3, -0.25) is 9.98 Å². The van der Waals surface area contributed by atoms with Crippen molar-refractivity contribution in [2.24, 2.45) is 4.99 Å².